The molecular formula is C11H12FN3O2. The van der Waals surface area contributed by atoms with E-state index in [1.54, 1.807) is 11.9 Å². The van der Waals surface area contributed by atoms with Crippen LogP contribution in [0.2, 0.25) is 0 Å². The van der Waals surface area contributed by atoms with E-state index >= 15 is 0 Å². The van der Waals surface area contributed by atoms with Gasteiger partial charge in [0.1, 0.15) is 0 Å². The van der Waals surface area contributed by atoms with Crippen LogP contribution in [-0.2, 0) is 6.54 Å². The maximum absolute atomic E-state index is 13.7. The number of nitro benzene ring substituents is 1. The van der Waals surface area contributed by atoms with Crippen molar-refractivity contribution in [3.05, 3.63) is 39.7 Å². The first kappa shape index (κ1) is 13.1. The average molecular weight is 237 g/mol. The van der Waals surface area contributed by atoms with Crippen molar-refractivity contribution in [2.24, 2.45) is 0 Å². The summed E-state index contributed by atoms with van der Waals surface area (Å²) in [5.74, 6) is -0.804. The highest BCUT2D eigenvalue weighted by molar-refractivity contribution is 5.36. The van der Waals surface area contributed by atoms with Gasteiger partial charge in [-0.25, -0.2) is 0 Å². The summed E-state index contributed by atoms with van der Waals surface area (Å²) in [6.07, 6.45) is 0.340. The van der Waals surface area contributed by atoms with Gasteiger partial charge < -0.3 is 4.90 Å². The first-order chi connectivity index (χ1) is 8.06. The van der Waals surface area contributed by atoms with E-state index in [9.17, 15) is 14.5 Å². The summed E-state index contributed by atoms with van der Waals surface area (Å²) in [5, 5.41) is 19.0. The Morgan fingerprint density at radius 1 is 1.59 bits per heavy atom. The highest BCUT2D eigenvalue weighted by atomic mass is 19.1. The van der Waals surface area contributed by atoms with Crippen LogP contribution < -0.4 is 0 Å². The first-order valence-corrected chi connectivity index (χ1v) is 5.03. The summed E-state index contributed by atoms with van der Waals surface area (Å²) in [4.78, 5) is 11.5. The highest BCUT2D eigenvalue weighted by Crippen LogP contribution is 2.20. The molecule has 0 amide bonds. The normalized spacial score (nSPS) is 10.2. The average Bonchev–Trinajstić information content (AvgIpc) is 2.28. The Hall–Kier alpha value is -2.00. The molecule has 17 heavy (non-hydrogen) atoms. The third kappa shape index (κ3) is 3.50. The molecule has 0 spiro atoms. The van der Waals surface area contributed by atoms with Gasteiger partial charge in [0.15, 0.2) is 0 Å². The van der Waals surface area contributed by atoms with Crippen molar-refractivity contribution in [1.82, 2.24) is 4.90 Å². The van der Waals surface area contributed by atoms with Crippen LogP contribution in [0.4, 0.5) is 10.1 Å². The standard InChI is InChI=1S/C11H12FN3O2/c1-14(7-3-6-13)8-9-4-2-5-10(11(9)12)15(16)17/h2,4-5H,3,7-8H2,1H3. The van der Waals surface area contributed by atoms with Crippen molar-refractivity contribution in [3.8, 4) is 6.07 Å². The molecule has 90 valence electrons. The minimum atomic E-state index is -0.804. The number of nitro groups is 1. The van der Waals surface area contributed by atoms with Gasteiger partial charge in [-0.05, 0) is 7.05 Å². The Morgan fingerprint density at radius 3 is 2.88 bits per heavy atom. The van der Waals surface area contributed by atoms with Crippen LogP contribution in [0.25, 0.3) is 0 Å². The lowest BCUT2D eigenvalue weighted by molar-refractivity contribution is -0.387. The maximum atomic E-state index is 13.7. The molecule has 0 heterocycles. The molecule has 0 radical (unpaired) electrons. The Kier molecular flexibility index (Phi) is 4.55. The van der Waals surface area contributed by atoms with Gasteiger partial charge in [-0.2, -0.15) is 9.65 Å². The molecule has 0 atom stereocenters. The lowest BCUT2D eigenvalue weighted by Crippen LogP contribution is -2.19. The van der Waals surface area contributed by atoms with Crippen molar-refractivity contribution in [3.63, 3.8) is 0 Å². The van der Waals surface area contributed by atoms with Crippen LogP contribution >= 0.6 is 0 Å². The van der Waals surface area contributed by atoms with Gasteiger partial charge >= 0.3 is 5.69 Å². The number of hydrogen-bond acceptors (Lipinski definition) is 4. The first-order valence-electron chi connectivity index (χ1n) is 5.03. The van der Waals surface area contributed by atoms with E-state index in [2.05, 4.69) is 0 Å². The number of nitrogens with zero attached hydrogens (tertiary/aromatic N) is 3. The Bertz CT molecular complexity index is 457. The fourth-order valence-electron chi connectivity index (χ4n) is 1.44. The van der Waals surface area contributed by atoms with Crippen LogP contribution in [0.1, 0.15) is 12.0 Å². The summed E-state index contributed by atoms with van der Waals surface area (Å²) < 4.78 is 13.7. The largest absolute Gasteiger partial charge is 0.305 e. The second-order valence-electron chi connectivity index (χ2n) is 3.65. The third-order valence-electron chi connectivity index (χ3n) is 2.30. The molecule has 0 aliphatic rings. The number of halogens is 1. The maximum Gasteiger partial charge on any atom is 0.305 e. The zero-order valence-corrected chi connectivity index (χ0v) is 9.39. The quantitative estimate of drug-likeness (QED) is 0.580. The van der Waals surface area contributed by atoms with Gasteiger partial charge in [0, 0.05) is 31.1 Å². The van der Waals surface area contributed by atoms with Gasteiger partial charge in [0.05, 0.1) is 11.0 Å². The molecule has 0 saturated heterocycles. The Labute approximate surface area is 98.2 Å². The molecular weight excluding hydrogens is 225 g/mol. The predicted molar refractivity (Wildman–Crippen MR) is 59.6 cm³/mol. The third-order valence-corrected chi connectivity index (χ3v) is 2.30. The minimum Gasteiger partial charge on any atom is -0.301 e. The summed E-state index contributed by atoms with van der Waals surface area (Å²) in [6.45, 7) is 0.744. The van der Waals surface area contributed by atoms with Gasteiger partial charge in [-0.1, -0.05) is 12.1 Å². The molecule has 0 aliphatic heterocycles. The van der Waals surface area contributed by atoms with Crippen molar-refractivity contribution in [2.45, 2.75) is 13.0 Å². The summed E-state index contributed by atoms with van der Waals surface area (Å²) in [7, 11) is 1.73. The van der Waals surface area contributed by atoms with Crippen molar-refractivity contribution >= 4 is 5.69 Å². The molecule has 0 bridgehead atoms. The molecule has 1 aromatic rings. The summed E-state index contributed by atoms with van der Waals surface area (Å²) in [5.41, 5.74) is -0.254. The van der Waals surface area contributed by atoms with Crippen LogP contribution in [-0.4, -0.2) is 23.4 Å². The number of hydrogen-bond donors (Lipinski definition) is 0. The topological polar surface area (TPSA) is 70.2 Å². The van der Waals surface area contributed by atoms with Gasteiger partial charge in [-0.3, -0.25) is 10.1 Å². The molecule has 0 fully saturated rings. The summed E-state index contributed by atoms with van der Waals surface area (Å²) >= 11 is 0. The fraction of sp³-hybridized carbons (Fsp3) is 0.364. The molecule has 1 rings (SSSR count). The van der Waals surface area contributed by atoms with Gasteiger partial charge in [0.25, 0.3) is 0 Å². The molecule has 0 unspecified atom stereocenters. The fourth-order valence-corrected chi connectivity index (χ4v) is 1.44. The molecule has 5 nitrogen and oxygen atoms in total. The van der Waals surface area contributed by atoms with E-state index in [4.69, 9.17) is 5.26 Å². The summed E-state index contributed by atoms with van der Waals surface area (Å²) in [6, 6.07) is 6.08. The second kappa shape index (κ2) is 5.92. The van der Waals surface area contributed by atoms with E-state index < -0.39 is 16.4 Å². The molecule has 1 aromatic carbocycles. The van der Waals surface area contributed by atoms with E-state index in [0.29, 0.717) is 13.0 Å². The van der Waals surface area contributed by atoms with Crippen molar-refractivity contribution in [1.29, 1.82) is 5.26 Å². The van der Waals surface area contributed by atoms with Crippen LogP contribution in [0.15, 0.2) is 18.2 Å². The van der Waals surface area contributed by atoms with E-state index in [-0.39, 0.29) is 12.1 Å². The van der Waals surface area contributed by atoms with Crippen LogP contribution in [0.3, 0.4) is 0 Å². The smallest absolute Gasteiger partial charge is 0.301 e. The SMILES string of the molecule is CN(CCC#N)Cc1cccc([N+](=O)[O-])c1F. The monoisotopic (exact) mass is 237 g/mol. The van der Waals surface area contributed by atoms with Crippen LogP contribution in [0.5, 0.6) is 0 Å². The van der Waals surface area contributed by atoms with Gasteiger partial charge in [0.2, 0.25) is 5.82 Å². The van der Waals surface area contributed by atoms with Crippen molar-refractivity contribution < 1.29 is 9.31 Å². The Balaban J connectivity index is 2.82. The lowest BCUT2D eigenvalue weighted by atomic mass is 10.1. The zero-order valence-electron chi connectivity index (χ0n) is 9.39. The highest BCUT2D eigenvalue weighted by Gasteiger charge is 2.17. The molecule has 0 aliphatic carbocycles. The van der Waals surface area contributed by atoms with Crippen LogP contribution in [0, 0.1) is 27.3 Å². The predicted octanol–water partition coefficient (Wildman–Crippen LogP) is 2.08. The molecule has 0 N–H and O–H groups in total. The number of rotatable bonds is 5. The number of benzene rings is 1. The molecule has 6 heteroatoms. The van der Waals surface area contributed by atoms with E-state index in [1.165, 1.54) is 12.1 Å². The molecule has 0 aromatic heterocycles. The molecule has 0 saturated carbocycles. The van der Waals surface area contributed by atoms with E-state index in [1.807, 2.05) is 6.07 Å². The number of nitriles is 1. The van der Waals surface area contributed by atoms with Crippen molar-refractivity contribution in [2.75, 3.05) is 13.6 Å². The lowest BCUT2D eigenvalue weighted by Gasteiger charge is -2.14. The Morgan fingerprint density at radius 2 is 2.29 bits per heavy atom. The zero-order chi connectivity index (χ0) is 12.8. The second-order valence-corrected chi connectivity index (χ2v) is 3.65. The van der Waals surface area contributed by atoms with E-state index in [0.717, 1.165) is 6.07 Å². The minimum absolute atomic E-state index is 0.245. The van der Waals surface area contributed by atoms with Gasteiger partial charge in [-0.15, -0.1) is 0 Å².